The van der Waals surface area contributed by atoms with E-state index in [0.717, 1.165) is 32.1 Å². The predicted octanol–water partition coefficient (Wildman–Crippen LogP) is 9.02. The van der Waals surface area contributed by atoms with Gasteiger partial charge in [-0.1, -0.05) is 136 Å². The van der Waals surface area contributed by atoms with Gasteiger partial charge in [-0.2, -0.15) is 0 Å². The van der Waals surface area contributed by atoms with Crippen LogP contribution in [0, 0.1) is 0 Å². The van der Waals surface area contributed by atoms with Crippen LogP contribution in [-0.4, -0.2) is 80.6 Å². The Hall–Kier alpha value is -1.67. The van der Waals surface area contributed by atoms with Crippen LogP contribution in [0.1, 0.15) is 168 Å². The van der Waals surface area contributed by atoms with Crippen LogP contribution in [0.2, 0.25) is 0 Å². The Morgan fingerprint density at radius 1 is 0.578 bits per heavy atom. The molecule has 0 spiro atoms. The molecule has 0 aromatic heterocycles. The van der Waals surface area contributed by atoms with Gasteiger partial charge in [-0.25, -0.2) is 4.79 Å². The number of aliphatic carboxylic acids is 1. The number of likely N-dealkylation sites (N-methyl/N-ethyl adjacent to an activating group) is 1. The van der Waals surface area contributed by atoms with Crippen LogP contribution < -0.4 is 0 Å². The number of hydrogen-bond donors (Lipinski definition) is 1. The molecule has 0 radical (unpaired) electrons. The summed E-state index contributed by atoms with van der Waals surface area (Å²) in [7, 11) is 5.50. The highest BCUT2D eigenvalue weighted by atomic mass is 16.6. The van der Waals surface area contributed by atoms with Crippen molar-refractivity contribution in [2.75, 3.05) is 41.0 Å². The van der Waals surface area contributed by atoms with E-state index in [4.69, 9.17) is 14.2 Å². The first kappa shape index (κ1) is 43.3. The quantitative estimate of drug-likeness (QED) is 0.0433. The second-order valence-corrected chi connectivity index (χ2v) is 13.8. The zero-order chi connectivity index (χ0) is 33.6. The number of ether oxygens (including phenoxy) is 3. The Bertz CT molecular complexity index is 722. The van der Waals surface area contributed by atoms with Crippen LogP contribution in [-0.2, 0) is 28.6 Å². The first-order chi connectivity index (χ1) is 21.6. The van der Waals surface area contributed by atoms with Gasteiger partial charge in [0.25, 0.3) is 0 Å². The van der Waals surface area contributed by atoms with E-state index >= 15 is 0 Å². The molecule has 0 amide bonds. The van der Waals surface area contributed by atoms with Crippen molar-refractivity contribution in [3.8, 4) is 0 Å². The van der Waals surface area contributed by atoms with Crippen LogP contribution in [0.5, 0.6) is 0 Å². The Balaban J connectivity index is 4.02. The monoisotopic (exact) mass is 643 g/mol. The second-order valence-electron chi connectivity index (χ2n) is 13.8. The lowest BCUT2D eigenvalue weighted by atomic mass is 10.0. The molecule has 1 N–H and O–H groups in total. The fourth-order valence-corrected chi connectivity index (χ4v) is 5.54. The molecule has 0 fully saturated rings. The average molecular weight is 643 g/mol. The molecule has 2 atom stereocenters. The predicted molar refractivity (Wildman–Crippen MR) is 183 cm³/mol. The summed E-state index contributed by atoms with van der Waals surface area (Å²) >= 11 is 0. The van der Waals surface area contributed by atoms with E-state index in [1.807, 2.05) is 28.1 Å². The van der Waals surface area contributed by atoms with Gasteiger partial charge >= 0.3 is 17.9 Å². The van der Waals surface area contributed by atoms with Gasteiger partial charge in [0.05, 0.1) is 34.4 Å². The van der Waals surface area contributed by atoms with E-state index in [2.05, 4.69) is 6.92 Å². The number of carbonyl (C=O) groups excluding carboxylic acids is 2. The lowest BCUT2D eigenvalue weighted by Crippen LogP contribution is -2.50. The first-order valence-corrected chi connectivity index (χ1v) is 18.6. The normalized spacial score (nSPS) is 13.0. The van der Waals surface area contributed by atoms with Gasteiger partial charge < -0.3 is 23.8 Å². The fourth-order valence-electron chi connectivity index (χ4n) is 5.54. The van der Waals surface area contributed by atoms with Crippen LogP contribution in [0.25, 0.3) is 0 Å². The summed E-state index contributed by atoms with van der Waals surface area (Å²) in [6.45, 7) is 4.51. The highest BCUT2D eigenvalue weighted by Crippen LogP contribution is 2.15. The van der Waals surface area contributed by atoms with Crippen LogP contribution in [0.3, 0.4) is 0 Å². The molecular formula is C37H72NO7+. The van der Waals surface area contributed by atoms with Crippen molar-refractivity contribution in [2.45, 2.75) is 180 Å². The van der Waals surface area contributed by atoms with E-state index in [1.54, 1.807) is 0 Å². The fraction of sp³-hybridized carbons (Fsp3) is 0.919. The third-order valence-corrected chi connectivity index (χ3v) is 8.51. The Labute approximate surface area is 276 Å². The molecule has 0 aliphatic rings. The summed E-state index contributed by atoms with van der Waals surface area (Å²) in [5, 5.41) is 9.51. The van der Waals surface area contributed by atoms with Crippen molar-refractivity contribution in [3.63, 3.8) is 0 Å². The Morgan fingerprint density at radius 3 is 1.42 bits per heavy atom. The van der Waals surface area contributed by atoms with Crippen molar-refractivity contribution in [1.29, 1.82) is 0 Å². The number of quaternary nitrogens is 1. The Kier molecular flexibility index (Phi) is 28.6. The molecule has 0 bridgehead atoms. The van der Waals surface area contributed by atoms with E-state index in [9.17, 15) is 19.5 Å². The third-order valence-electron chi connectivity index (χ3n) is 8.51. The van der Waals surface area contributed by atoms with Crippen molar-refractivity contribution in [2.24, 2.45) is 0 Å². The number of esters is 2. The number of hydrogen-bond acceptors (Lipinski definition) is 6. The number of carbonyl (C=O) groups is 3. The van der Waals surface area contributed by atoms with Crippen molar-refractivity contribution < 1.29 is 38.2 Å². The molecule has 0 aliphatic heterocycles. The summed E-state index contributed by atoms with van der Waals surface area (Å²) in [6.07, 6.45) is 26.8. The van der Waals surface area contributed by atoms with E-state index in [-0.39, 0.29) is 36.2 Å². The number of carboxylic acids is 1. The van der Waals surface area contributed by atoms with Gasteiger partial charge in [0.2, 0.25) is 0 Å². The van der Waals surface area contributed by atoms with Crippen molar-refractivity contribution >= 4 is 17.9 Å². The van der Waals surface area contributed by atoms with Gasteiger partial charge in [-0.05, 0) is 12.8 Å². The molecule has 0 saturated heterocycles. The maximum absolute atomic E-state index is 12.5. The van der Waals surface area contributed by atoms with Crippen LogP contribution in [0.4, 0.5) is 0 Å². The maximum atomic E-state index is 12.5. The first-order valence-electron chi connectivity index (χ1n) is 18.6. The molecule has 0 rings (SSSR count). The van der Waals surface area contributed by atoms with Gasteiger partial charge in [0, 0.05) is 19.3 Å². The molecule has 45 heavy (non-hydrogen) atoms. The van der Waals surface area contributed by atoms with Gasteiger partial charge in [-0.15, -0.1) is 0 Å². The minimum Gasteiger partial charge on any atom is -0.477 e. The average Bonchev–Trinajstić information content (AvgIpc) is 2.98. The van der Waals surface area contributed by atoms with Crippen LogP contribution in [0.15, 0.2) is 0 Å². The molecule has 2 unspecified atom stereocenters. The summed E-state index contributed by atoms with van der Waals surface area (Å²) in [4.78, 5) is 36.1. The SMILES string of the molecule is CCCCCCCCCCCCCCCCCCCCCC(=O)OC(COCCC(C(=O)O)[N+](C)(C)C)COC(=O)CCCC. The molecule has 0 aromatic carbocycles. The van der Waals surface area contributed by atoms with Crippen molar-refractivity contribution in [1.82, 2.24) is 0 Å². The largest absolute Gasteiger partial charge is 0.477 e. The topological polar surface area (TPSA) is 99.1 Å². The molecule has 8 heteroatoms. The Morgan fingerprint density at radius 2 is 1.00 bits per heavy atom. The van der Waals surface area contributed by atoms with Crippen molar-refractivity contribution in [3.05, 3.63) is 0 Å². The second kappa shape index (κ2) is 29.7. The smallest absolute Gasteiger partial charge is 0.362 e. The minimum atomic E-state index is -0.876. The highest BCUT2D eigenvalue weighted by Gasteiger charge is 2.31. The molecular weight excluding hydrogens is 570 g/mol. The summed E-state index contributed by atoms with van der Waals surface area (Å²) in [6, 6.07) is -0.604. The van der Waals surface area contributed by atoms with E-state index < -0.39 is 18.1 Å². The van der Waals surface area contributed by atoms with Crippen LogP contribution >= 0.6 is 0 Å². The zero-order valence-electron chi connectivity index (χ0n) is 30.1. The number of rotatable bonds is 33. The molecule has 266 valence electrons. The lowest BCUT2D eigenvalue weighted by molar-refractivity contribution is -0.887. The summed E-state index contributed by atoms with van der Waals surface area (Å²) in [5.74, 6) is -1.50. The number of nitrogens with zero attached hydrogens (tertiary/aromatic N) is 1. The van der Waals surface area contributed by atoms with Gasteiger partial charge in [0.15, 0.2) is 12.1 Å². The molecule has 8 nitrogen and oxygen atoms in total. The number of unbranched alkanes of at least 4 members (excludes halogenated alkanes) is 19. The zero-order valence-corrected chi connectivity index (χ0v) is 30.1. The third kappa shape index (κ3) is 28.3. The molecule has 0 aromatic rings. The summed E-state index contributed by atoms with van der Waals surface area (Å²) < 4.78 is 16.9. The lowest BCUT2D eigenvalue weighted by Gasteiger charge is -2.31. The highest BCUT2D eigenvalue weighted by molar-refractivity contribution is 5.72. The van der Waals surface area contributed by atoms with E-state index in [0.29, 0.717) is 19.3 Å². The van der Waals surface area contributed by atoms with E-state index in [1.165, 1.54) is 103 Å². The standard InChI is InChI=1S/C37H71NO7/c1-6-8-10-11-12-13-14-15-16-17-18-19-20-21-22-23-24-25-26-28-36(40)45-33(32-44-35(39)27-9-7-2)31-43-30-29-34(37(41)42)38(3,4)5/h33-34H,6-32H2,1-5H3/p+1. The molecule has 0 heterocycles. The number of carboxylic acid groups (broad SMARTS) is 1. The van der Waals surface area contributed by atoms with Gasteiger partial charge in [0.1, 0.15) is 6.61 Å². The molecule has 0 aliphatic carbocycles. The minimum absolute atomic E-state index is 0.0504. The molecule has 0 saturated carbocycles. The maximum Gasteiger partial charge on any atom is 0.362 e. The summed E-state index contributed by atoms with van der Waals surface area (Å²) in [5.41, 5.74) is 0. The van der Waals surface area contributed by atoms with Gasteiger partial charge in [-0.3, -0.25) is 9.59 Å².